The number of rotatable bonds is 2. The molecule has 0 unspecified atom stereocenters. The minimum absolute atomic E-state index is 0.205. The van der Waals surface area contributed by atoms with Crippen LogP contribution in [0.3, 0.4) is 0 Å². The molecule has 1 saturated heterocycles. The van der Waals surface area contributed by atoms with Crippen molar-refractivity contribution in [2.75, 3.05) is 38.1 Å². The van der Waals surface area contributed by atoms with E-state index in [0.29, 0.717) is 5.82 Å². The van der Waals surface area contributed by atoms with E-state index in [0.717, 1.165) is 26.2 Å². The Hall–Kier alpha value is -1.30. The number of hydrogen-bond acceptors (Lipinski definition) is 4. The Morgan fingerprint density at radius 2 is 1.88 bits per heavy atom. The molecule has 1 aromatic heterocycles. The third kappa shape index (κ3) is 2.44. The average molecular weight is 228 g/mol. The largest absolute Gasteiger partial charge is 0.354 e. The number of alkyl halides is 2. The van der Waals surface area contributed by atoms with Crippen molar-refractivity contribution < 1.29 is 8.78 Å². The summed E-state index contributed by atoms with van der Waals surface area (Å²) in [6, 6.07) is 1.37. The summed E-state index contributed by atoms with van der Waals surface area (Å²) in [6.45, 7) is 3.48. The van der Waals surface area contributed by atoms with E-state index in [2.05, 4.69) is 14.9 Å². The highest BCUT2D eigenvalue weighted by molar-refractivity contribution is 5.39. The number of hydrogen-bond donors (Lipinski definition) is 0. The van der Waals surface area contributed by atoms with Crippen molar-refractivity contribution in [1.29, 1.82) is 0 Å². The van der Waals surface area contributed by atoms with E-state index >= 15 is 0 Å². The van der Waals surface area contributed by atoms with Crippen LogP contribution in [0.15, 0.2) is 12.4 Å². The lowest BCUT2D eigenvalue weighted by molar-refractivity contribution is 0.146. The highest BCUT2D eigenvalue weighted by Crippen LogP contribution is 2.20. The zero-order chi connectivity index (χ0) is 11.5. The van der Waals surface area contributed by atoms with Crippen molar-refractivity contribution in [2.24, 2.45) is 0 Å². The van der Waals surface area contributed by atoms with E-state index in [4.69, 9.17) is 0 Å². The predicted octanol–water partition coefficient (Wildman–Crippen LogP) is 1.17. The Morgan fingerprint density at radius 3 is 2.50 bits per heavy atom. The number of anilines is 1. The molecule has 0 radical (unpaired) electrons. The second-order valence-corrected chi connectivity index (χ2v) is 3.89. The van der Waals surface area contributed by atoms with Gasteiger partial charge in [0.2, 0.25) is 0 Å². The molecule has 4 nitrogen and oxygen atoms in total. The molecule has 16 heavy (non-hydrogen) atoms. The van der Waals surface area contributed by atoms with Crippen LogP contribution in [0.4, 0.5) is 14.6 Å². The second kappa shape index (κ2) is 4.69. The highest BCUT2D eigenvalue weighted by atomic mass is 19.3. The highest BCUT2D eigenvalue weighted by Gasteiger charge is 2.17. The third-order valence-corrected chi connectivity index (χ3v) is 2.72. The van der Waals surface area contributed by atoms with Crippen molar-refractivity contribution >= 4 is 5.82 Å². The number of halogens is 2. The lowest BCUT2D eigenvalue weighted by atomic mass is 10.3. The summed E-state index contributed by atoms with van der Waals surface area (Å²) in [5, 5.41) is 0. The Balaban J connectivity index is 2.11. The zero-order valence-electron chi connectivity index (χ0n) is 9.11. The van der Waals surface area contributed by atoms with Crippen LogP contribution in [-0.4, -0.2) is 48.1 Å². The average Bonchev–Trinajstić information content (AvgIpc) is 2.30. The first-order chi connectivity index (χ1) is 7.66. The predicted molar refractivity (Wildman–Crippen MR) is 56.7 cm³/mol. The fourth-order valence-electron chi connectivity index (χ4n) is 1.69. The standard InChI is InChI=1S/C10H14F2N4/c1-15-2-4-16(5-3-15)9-6-8(10(11)12)13-7-14-9/h6-7,10H,2-5H2,1H3. The van der Waals surface area contributed by atoms with Crippen LogP contribution < -0.4 is 4.90 Å². The Morgan fingerprint density at radius 1 is 1.19 bits per heavy atom. The first-order valence-corrected chi connectivity index (χ1v) is 5.20. The van der Waals surface area contributed by atoms with Crippen LogP contribution >= 0.6 is 0 Å². The van der Waals surface area contributed by atoms with Gasteiger partial charge in [-0.3, -0.25) is 0 Å². The second-order valence-electron chi connectivity index (χ2n) is 3.89. The maximum atomic E-state index is 12.5. The van der Waals surface area contributed by atoms with Gasteiger partial charge in [0.15, 0.2) is 0 Å². The minimum Gasteiger partial charge on any atom is -0.354 e. The van der Waals surface area contributed by atoms with E-state index in [1.807, 2.05) is 11.9 Å². The quantitative estimate of drug-likeness (QED) is 0.760. The number of nitrogens with zero attached hydrogens (tertiary/aromatic N) is 4. The third-order valence-electron chi connectivity index (χ3n) is 2.72. The molecule has 0 saturated carbocycles. The lowest BCUT2D eigenvalue weighted by Crippen LogP contribution is -2.44. The Labute approximate surface area is 92.9 Å². The molecule has 2 rings (SSSR count). The Bertz CT molecular complexity index is 350. The molecule has 0 amide bonds. The molecule has 0 aliphatic carbocycles. The van der Waals surface area contributed by atoms with Gasteiger partial charge in [-0.15, -0.1) is 0 Å². The molecule has 0 bridgehead atoms. The SMILES string of the molecule is CN1CCN(c2cc(C(F)F)ncn2)CC1. The van der Waals surface area contributed by atoms with Crippen LogP contribution in [0, 0.1) is 0 Å². The van der Waals surface area contributed by atoms with Gasteiger partial charge in [0.05, 0.1) is 0 Å². The van der Waals surface area contributed by atoms with Crippen molar-refractivity contribution in [3.8, 4) is 0 Å². The van der Waals surface area contributed by atoms with Gasteiger partial charge in [0, 0.05) is 32.2 Å². The smallest absolute Gasteiger partial charge is 0.280 e. The summed E-state index contributed by atoms with van der Waals surface area (Å²) in [5.41, 5.74) is -0.205. The van der Waals surface area contributed by atoms with Crippen molar-refractivity contribution in [3.05, 3.63) is 18.1 Å². The van der Waals surface area contributed by atoms with Crippen LogP contribution in [0.2, 0.25) is 0 Å². The molecule has 1 aromatic rings. The van der Waals surface area contributed by atoms with Crippen LogP contribution in [-0.2, 0) is 0 Å². The fraction of sp³-hybridized carbons (Fsp3) is 0.600. The van der Waals surface area contributed by atoms with Crippen molar-refractivity contribution in [3.63, 3.8) is 0 Å². The molecule has 1 aliphatic heterocycles. The van der Waals surface area contributed by atoms with Crippen molar-refractivity contribution in [1.82, 2.24) is 14.9 Å². The molecule has 0 N–H and O–H groups in total. The summed E-state index contributed by atoms with van der Waals surface area (Å²) in [4.78, 5) is 11.8. The molecule has 1 aliphatic rings. The maximum Gasteiger partial charge on any atom is 0.280 e. The molecular formula is C10H14F2N4. The van der Waals surface area contributed by atoms with E-state index in [1.165, 1.54) is 12.4 Å². The molecule has 6 heteroatoms. The number of likely N-dealkylation sites (N-methyl/N-ethyl adjacent to an activating group) is 1. The van der Waals surface area contributed by atoms with E-state index in [9.17, 15) is 8.78 Å². The summed E-state index contributed by atoms with van der Waals surface area (Å²) >= 11 is 0. The van der Waals surface area contributed by atoms with Gasteiger partial charge >= 0.3 is 0 Å². The molecule has 88 valence electrons. The molecule has 0 atom stereocenters. The zero-order valence-corrected chi connectivity index (χ0v) is 9.11. The fourth-order valence-corrected chi connectivity index (χ4v) is 1.69. The minimum atomic E-state index is -2.53. The Kier molecular flexibility index (Phi) is 3.28. The normalized spacial score (nSPS) is 18.1. The van der Waals surface area contributed by atoms with Gasteiger partial charge in [0.25, 0.3) is 6.43 Å². The van der Waals surface area contributed by atoms with E-state index < -0.39 is 6.43 Å². The van der Waals surface area contributed by atoms with E-state index in [1.54, 1.807) is 0 Å². The van der Waals surface area contributed by atoms with Gasteiger partial charge in [-0.2, -0.15) is 0 Å². The first kappa shape index (κ1) is 11.2. The van der Waals surface area contributed by atoms with Crippen LogP contribution in [0.25, 0.3) is 0 Å². The van der Waals surface area contributed by atoms with Crippen LogP contribution in [0.1, 0.15) is 12.1 Å². The van der Waals surface area contributed by atoms with Gasteiger partial charge in [-0.05, 0) is 7.05 Å². The van der Waals surface area contributed by atoms with Gasteiger partial charge < -0.3 is 9.80 Å². The van der Waals surface area contributed by atoms with Gasteiger partial charge in [-0.25, -0.2) is 18.7 Å². The monoisotopic (exact) mass is 228 g/mol. The lowest BCUT2D eigenvalue weighted by Gasteiger charge is -2.33. The summed E-state index contributed by atoms with van der Waals surface area (Å²) in [7, 11) is 2.04. The molecule has 2 heterocycles. The van der Waals surface area contributed by atoms with Crippen molar-refractivity contribution in [2.45, 2.75) is 6.43 Å². The number of aromatic nitrogens is 2. The molecule has 1 fully saturated rings. The number of piperazine rings is 1. The van der Waals surface area contributed by atoms with E-state index in [-0.39, 0.29) is 5.69 Å². The van der Waals surface area contributed by atoms with Gasteiger partial charge in [-0.1, -0.05) is 0 Å². The molecular weight excluding hydrogens is 214 g/mol. The first-order valence-electron chi connectivity index (χ1n) is 5.20. The topological polar surface area (TPSA) is 32.3 Å². The summed E-state index contributed by atoms with van der Waals surface area (Å²) in [6.07, 6.45) is -1.33. The maximum absolute atomic E-state index is 12.5. The molecule has 0 spiro atoms. The van der Waals surface area contributed by atoms with Crippen LogP contribution in [0.5, 0.6) is 0 Å². The van der Waals surface area contributed by atoms with Gasteiger partial charge in [0.1, 0.15) is 17.8 Å². The summed E-state index contributed by atoms with van der Waals surface area (Å²) < 4.78 is 24.9. The summed E-state index contributed by atoms with van der Waals surface area (Å²) in [5.74, 6) is 0.596. The molecule has 0 aromatic carbocycles.